The molecule has 3 rings (SSSR count). The lowest BCUT2D eigenvalue weighted by Gasteiger charge is -2.10. The van der Waals surface area contributed by atoms with Crippen molar-refractivity contribution in [1.29, 1.82) is 0 Å². The fraction of sp³-hybridized carbons (Fsp3) is 0.273. The van der Waals surface area contributed by atoms with Crippen LogP contribution in [-0.2, 0) is 14.3 Å². The average Bonchev–Trinajstić information content (AvgIpc) is 3.01. The second kappa shape index (κ2) is 10.2. The molecular formula is C22H23NO7. The second-order valence-electron chi connectivity index (χ2n) is 6.35. The summed E-state index contributed by atoms with van der Waals surface area (Å²) in [6.07, 6.45) is 3.58. The number of carbonyl (C=O) groups excluding carboxylic acids is 2. The summed E-state index contributed by atoms with van der Waals surface area (Å²) < 4.78 is 26.5. The third-order valence-corrected chi connectivity index (χ3v) is 4.16. The highest BCUT2D eigenvalue weighted by Crippen LogP contribution is 2.32. The topological polar surface area (TPSA) is 92.3 Å². The summed E-state index contributed by atoms with van der Waals surface area (Å²) in [5.41, 5.74) is 1.22. The van der Waals surface area contributed by atoms with Gasteiger partial charge in [-0.2, -0.15) is 0 Å². The van der Waals surface area contributed by atoms with Crippen molar-refractivity contribution in [2.24, 2.45) is 0 Å². The summed E-state index contributed by atoms with van der Waals surface area (Å²) in [6.45, 7) is 0.720. The monoisotopic (exact) mass is 413 g/mol. The Labute approximate surface area is 174 Å². The number of hydrogen-bond acceptors (Lipinski definition) is 7. The van der Waals surface area contributed by atoms with E-state index in [0.29, 0.717) is 47.5 Å². The van der Waals surface area contributed by atoms with Gasteiger partial charge in [-0.15, -0.1) is 0 Å². The number of benzene rings is 2. The van der Waals surface area contributed by atoms with Crippen LogP contribution in [0.3, 0.4) is 0 Å². The van der Waals surface area contributed by atoms with Gasteiger partial charge in [0.25, 0.3) is 5.91 Å². The molecule has 0 saturated heterocycles. The van der Waals surface area contributed by atoms with Gasteiger partial charge in [0.2, 0.25) is 0 Å². The predicted octanol–water partition coefficient (Wildman–Crippen LogP) is 3.06. The van der Waals surface area contributed by atoms with Gasteiger partial charge >= 0.3 is 5.97 Å². The quantitative estimate of drug-likeness (QED) is 0.551. The summed E-state index contributed by atoms with van der Waals surface area (Å²) >= 11 is 0. The molecule has 0 spiro atoms. The van der Waals surface area contributed by atoms with Crippen molar-refractivity contribution in [2.45, 2.75) is 6.42 Å². The van der Waals surface area contributed by atoms with Gasteiger partial charge in [0.05, 0.1) is 27.4 Å². The average molecular weight is 413 g/mol. The van der Waals surface area contributed by atoms with Crippen molar-refractivity contribution in [3.63, 3.8) is 0 Å². The van der Waals surface area contributed by atoms with E-state index in [0.717, 1.165) is 6.42 Å². The highest BCUT2D eigenvalue weighted by atomic mass is 16.5. The van der Waals surface area contributed by atoms with E-state index in [9.17, 15) is 9.59 Å². The second-order valence-corrected chi connectivity index (χ2v) is 6.35. The number of hydrogen-bond donors (Lipinski definition) is 1. The Morgan fingerprint density at radius 2 is 1.70 bits per heavy atom. The predicted molar refractivity (Wildman–Crippen MR) is 110 cm³/mol. The summed E-state index contributed by atoms with van der Waals surface area (Å²) in [5.74, 6) is 1.28. The van der Waals surface area contributed by atoms with Crippen LogP contribution in [0, 0.1) is 0 Å². The zero-order valence-electron chi connectivity index (χ0n) is 16.8. The Morgan fingerprint density at radius 3 is 2.40 bits per heavy atom. The van der Waals surface area contributed by atoms with Crippen LogP contribution < -0.4 is 24.3 Å². The third kappa shape index (κ3) is 5.91. The number of amides is 1. The lowest BCUT2D eigenvalue weighted by atomic mass is 10.2. The molecule has 30 heavy (non-hydrogen) atoms. The first-order valence-electron chi connectivity index (χ1n) is 9.35. The molecule has 158 valence electrons. The fourth-order valence-electron chi connectivity index (χ4n) is 2.71. The lowest BCUT2D eigenvalue weighted by Crippen LogP contribution is -2.20. The van der Waals surface area contributed by atoms with Crippen LogP contribution in [0.15, 0.2) is 42.5 Å². The number of rotatable bonds is 7. The van der Waals surface area contributed by atoms with Crippen LogP contribution in [0.5, 0.6) is 23.0 Å². The number of nitrogens with one attached hydrogen (secondary N) is 1. The highest BCUT2D eigenvalue weighted by molar-refractivity contribution is 5.94. The van der Waals surface area contributed by atoms with Gasteiger partial charge in [0.15, 0.2) is 18.1 Å². The smallest absolute Gasteiger partial charge is 0.331 e. The van der Waals surface area contributed by atoms with Gasteiger partial charge < -0.3 is 29.0 Å². The maximum Gasteiger partial charge on any atom is 0.331 e. The molecule has 0 bridgehead atoms. The van der Waals surface area contributed by atoms with Gasteiger partial charge in [-0.3, -0.25) is 4.79 Å². The normalized spacial score (nSPS) is 12.7. The molecule has 0 fully saturated rings. The molecule has 1 aliphatic rings. The van der Waals surface area contributed by atoms with Crippen molar-refractivity contribution in [3.05, 3.63) is 48.0 Å². The zero-order chi connectivity index (χ0) is 21.3. The Kier molecular flexibility index (Phi) is 7.15. The minimum Gasteiger partial charge on any atom is -0.497 e. The zero-order valence-corrected chi connectivity index (χ0v) is 16.8. The molecule has 1 amide bonds. The minimum atomic E-state index is -0.648. The molecule has 0 radical (unpaired) electrons. The number of carbonyl (C=O) groups is 2. The van der Waals surface area contributed by atoms with E-state index in [1.165, 1.54) is 6.08 Å². The maximum atomic E-state index is 12.1. The van der Waals surface area contributed by atoms with Crippen molar-refractivity contribution in [3.8, 4) is 23.0 Å². The van der Waals surface area contributed by atoms with E-state index >= 15 is 0 Å². The summed E-state index contributed by atoms with van der Waals surface area (Å²) in [4.78, 5) is 24.0. The molecule has 0 saturated carbocycles. The lowest BCUT2D eigenvalue weighted by molar-refractivity contribution is -0.142. The molecule has 0 aromatic heterocycles. The number of esters is 1. The first-order chi connectivity index (χ1) is 14.6. The van der Waals surface area contributed by atoms with Crippen molar-refractivity contribution in [2.75, 3.05) is 39.4 Å². The molecule has 1 N–H and O–H groups in total. The molecule has 1 heterocycles. The van der Waals surface area contributed by atoms with E-state index < -0.39 is 18.5 Å². The van der Waals surface area contributed by atoms with Gasteiger partial charge in [-0.05, 0) is 35.9 Å². The summed E-state index contributed by atoms with van der Waals surface area (Å²) in [5, 5.41) is 2.66. The molecule has 8 heteroatoms. The van der Waals surface area contributed by atoms with Crippen LogP contribution in [-0.4, -0.2) is 45.9 Å². The molecule has 1 aliphatic heterocycles. The maximum absolute atomic E-state index is 12.1. The molecule has 0 atom stereocenters. The molecule has 0 unspecified atom stereocenters. The number of ether oxygens (including phenoxy) is 5. The number of fused-ring (bicyclic) bond motifs is 1. The van der Waals surface area contributed by atoms with Gasteiger partial charge in [-0.25, -0.2) is 4.79 Å². The largest absolute Gasteiger partial charge is 0.497 e. The van der Waals surface area contributed by atoms with Crippen molar-refractivity contribution < 1.29 is 33.3 Å². The molecule has 2 aromatic carbocycles. The molecule has 8 nitrogen and oxygen atoms in total. The van der Waals surface area contributed by atoms with E-state index in [1.807, 2.05) is 0 Å². The van der Waals surface area contributed by atoms with E-state index in [2.05, 4.69) is 5.32 Å². The highest BCUT2D eigenvalue weighted by Gasteiger charge is 2.12. The Bertz CT molecular complexity index is 917. The van der Waals surface area contributed by atoms with Crippen LogP contribution in [0.4, 0.5) is 5.69 Å². The molecule has 2 aromatic rings. The van der Waals surface area contributed by atoms with Crippen molar-refractivity contribution >= 4 is 23.6 Å². The Morgan fingerprint density at radius 1 is 1.00 bits per heavy atom. The number of methoxy groups -OCH3 is 2. The van der Waals surface area contributed by atoms with Crippen LogP contribution in [0.1, 0.15) is 12.0 Å². The Balaban J connectivity index is 1.52. The van der Waals surface area contributed by atoms with E-state index in [4.69, 9.17) is 23.7 Å². The SMILES string of the molecule is COc1cc(/C=C/C(=O)OCC(=O)Nc2ccc3c(c2)OCCCO3)cc(OC)c1. The summed E-state index contributed by atoms with van der Waals surface area (Å²) in [6, 6.07) is 10.3. The van der Waals surface area contributed by atoms with Crippen LogP contribution >= 0.6 is 0 Å². The Hall–Kier alpha value is -3.68. The van der Waals surface area contributed by atoms with Gasteiger partial charge in [-0.1, -0.05) is 0 Å². The third-order valence-electron chi connectivity index (χ3n) is 4.16. The van der Waals surface area contributed by atoms with Gasteiger partial charge in [0, 0.05) is 30.3 Å². The minimum absolute atomic E-state index is 0.418. The number of anilines is 1. The standard InChI is InChI=1S/C22H23NO7/c1-26-17-10-15(11-18(13-17)27-2)4-7-22(25)30-14-21(24)23-16-5-6-19-20(12-16)29-9-3-8-28-19/h4-7,10-13H,3,8-9,14H2,1-2H3,(H,23,24)/b7-4+. The molecule has 0 aliphatic carbocycles. The first kappa shape index (κ1) is 21.0. The molecular weight excluding hydrogens is 390 g/mol. The summed E-state index contributed by atoms with van der Waals surface area (Å²) in [7, 11) is 3.08. The van der Waals surface area contributed by atoms with Crippen LogP contribution in [0.25, 0.3) is 6.08 Å². The van der Waals surface area contributed by atoms with E-state index in [1.54, 1.807) is 56.7 Å². The van der Waals surface area contributed by atoms with Crippen LogP contribution in [0.2, 0.25) is 0 Å². The van der Waals surface area contributed by atoms with Crippen molar-refractivity contribution in [1.82, 2.24) is 0 Å². The van der Waals surface area contributed by atoms with Gasteiger partial charge in [0.1, 0.15) is 11.5 Å². The fourth-order valence-corrected chi connectivity index (χ4v) is 2.71. The first-order valence-corrected chi connectivity index (χ1v) is 9.35. The van der Waals surface area contributed by atoms with E-state index in [-0.39, 0.29) is 0 Å².